The van der Waals surface area contributed by atoms with Gasteiger partial charge in [0.05, 0.1) is 12.2 Å². The first-order valence-corrected chi connectivity index (χ1v) is 10.4. The predicted octanol–water partition coefficient (Wildman–Crippen LogP) is 6.84. The van der Waals surface area contributed by atoms with Gasteiger partial charge in [0, 0.05) is 10.9 Å². The van der Waals surface area contributed by atoms with Crippen LogP contribution in [0.2, 0.25) is 0 Å². The van der Waals surface area contributed by atoms with Crippen molar-refractivity contribution in [3.05, 3.63) is 113 Å². The Morgan fingerprint density at radius 3 is 2.22 bits per heavy atom. The monoisotopic (exact) mass is 430 g/mol. The lowest BCUT2D eigenvalue weighted by Crippen LogP contribution is -1.95. The highest BCUT2D eigenvalue weighted by atomic mass is 19.2. The van der Waals surface area contributed by atoms with E-state index in [-0.39, 0.29) is 11.2 Å². The summed E-state index contributed by atoms with van der Waals surface area (Å²) in [6.07, 6.45) is 1.51. The van der Waals surface area contributed by atoms with Crippen LogP contribution in [-0.4, -0.2) is 6.61 Å². The van der Waals surface area contributed by atoms with Crippen LogP contribution in [0.3, 0.4) is 0 Å². The lowest BCUT2D eigenvalue weighted by atomic mass is 10.0. The molecule has 0 radical (unpaired) electrons. The van der Waals surface area contributed by atoms with Crippen LogP contribution in [0, 0.1) is 29.3 Å². The van der Waals surface area contributed by atoms with Gasteiger partial charge in [-0.2, -0.15) is 0 Å². The molecule has 0 N–H and O–H groups in total. The molecule has 32 heavy (non-hydrogen) atoms. The van der Waals surface area contributed by atoms with Gasteiger partial charge in [0.1, 0.15) is 11.6 Å². The Morgan fingerprint density at radius 2 is 1.47 bits per heavy atom. The van der Waals surface area contributed by atoms with Crippen LogP contribution >= 0.6 is 0 Å². The van der Waals surface area contributed by atoms with Crippen molar-refractivity contribution in [2.75, 3.05) is 6.61 Å². The van der Waals surface area contributed by atoms with E-state index in [9.17, 15) is 13.2 Å². The van der Waals surface area contributed by atoms with Crippen LogP contribution < -0.4 is 4.74 Å². The summed E-state index contributed by atoms with van der Waals surface area (Å²) in [5.41, 5.74) is 2.94. The van der Waals surface area contributed by atoms with Crippen LogP contribution in [-0.2, 0) is 12.8 Å². The Kier molecular flexibility index (Phi) is 6.47. The molecule has 0 spiro atoms. The second kappa shape index (κ2) is 9.62. The normalized spacial score (nSPS) is 10.6. The Morgan fingerprint density at radius 1 is 0.719 bits per heavy atom. The molecule has 0 saturated carbocycles. The van der Waals surface area contributed by atoms with Gasteiger partial charge < -0.3 is 4.74 Å². The first kappa shape index (κ1) is 21.5. The maximum atomic E-state index is 14.6. The topological polar surface area (TPSA) is 9.23 Å². The zero-order valence-electron chi connectivity index (χ0n) is 17.6. The van der Waals surface area contributed by atoms with Crippen molar-refractivity contribution in [1.82, 2.24) is 0 Å². The van der Waals surface area contributed by atoms with Crippen molar-refractivity contribution >= 4 is 10.8 Å². The summed E-state index contributed by atoms with van der Waals surface area (Å²) in [6, 6.07) is 20.3. The van der Waals surface area contributed by atoms with Crippen LogP contribution in [0.5, 0.6) is 5.75 Å². The highest BCUT2D eigenvalue weighted by molar-refractivity contribution is 5.84. The maximum absolute atomic E-state index is 14.6. The van der Waals surface area contributed by atoms with E-state index < -0.39 is 11.6 Å². The molecule has 4 rings (SSSR count). The van der Waals surface area contributed by atoms with Gasteiger partial charge in [-0.1, -0.05) is 42.2 Å². The molecule has 0 aliphatic carbocycles. The van der Waals surface area contributed by atoms with Gasteiger partial charge in [-0.15, -0.1) is 0 Å². The Balaban J connectivity index is 1.45. The van der Waals surface area contributed by atoms with E-state index in [1.54, 1.807) is 18.2 Å². The average molecular weight is 430 g/mol. The van der Waals surface area contributed by atoms with Crippen molar-refractivity contribution in [3.8, 4) is 17.6 Å². The molecule has 0 fully saturated rings. The predicted molar refractivity (Wildman–Crippen MR) is 121 cm³/mol. The Bertz CT molecular complexity index is 1310. The first-order chi connectivity index (χ1) is 15.5. The minimum atomic E-state index is -0.888. The van der Waals surface area contributed by atoms with Crippen molar-refractivity contribution in [3.63, 3.8) is 0 Å². The molecular formula is C28H21F3O. The molecule has 4 heteroatoms. The summed E-state index contributed by atoms with van der Waals surface area (Å²) in [6.45, 7) is 2.58. The first-order valence-electron chi connectivity index (χ1n) is 10.4. The summed E-state index contributed by atoms with van der Waals surface area (Å²) < 4.78 is 47.2. The lowest BCUT2D eigenvalue weighted by Gasteiger charge is -2.06. The molecule has 0 bridgehead atoms. The smallest absolute Gasteiger partial charge is 0.166 e. The third-order valence-electron chi connectivity index (χ3n) is 5.22. The zero-order valence-corrected chi connectivity index (χ0v) is 17.6. The lowest BCUT2D eigenvalue weighted by molar-refractivity contribution is 0.340. The van der Waals surface area contributed by atoms with Crippen LogP contribution in [0.4, 0.5) is 13.2 Å². The fraction of sp³-hybridized carbons (Fsp3) is 0.143. The number of hydrogen-bond acceptors (Lipinski definition) is 1. The van der Waals surface area contributed by atoms with Crippen LogP contribution in [0.25, 0.3) is 10.8 Å². The second-order valence-corrected chi connectivity index (χ2v) is 7.44. The van der Waals surface area contributed by atoms with E-state index in [1.807, 2.05) is 37.3 Å². The van der Waals surface area contributed by atoms with Gasteiger partial charge in [0.25, 0.3) is 0 Å². The molecule has 160 valence electrons. The van der Waals surface area contributed by atoms with Gasteiger partial charge in [0.2, 0.25) is 0 Å². The largest absolute Gasteiger partial charge is 0.494 e. The number of fused-ring (bicyclic) bond motifs is 1. The van der Waals surface area contributed by atoms with E-state index in [0.717, 1.165) is 29.4 Å². The third kappa shape index (κ3) is 4.95. The van der Waals surface area contributed by atoms with Crippen molar-refractivity contribution in [2.45, 2.75) is 19.8 Å². The molecule has 0 saturated heterocycles. The minimum Gasteiger partial charge on any atom is -0.494 e. The second-order valence-electron chi connectivity index (χ2n) is 7.44. The van der Waals surface area contributed by atoms with E-state index >= 15 is 0 Å². The number of hydrogen-bond donors (Lipinski definition) is 0. The molecule has 0 atom stereocenters. The molecule has 1 nitrogen and oxygen atoms in total. The Hall–Kier alpha value is -3.71. The summed E-state index contributed by atoms with van der Waals surface area (Å²) in [5.74, 6) is 4.43. The van der Waals surface area contributed by atoms with E-state index in [1.165, 1.54) is 18.2 Å². The van der Waals surface area contributed by atoms with Crippen molar-refractivity contribution < 1.29 is 17.9 Å². The molecule has 0 aliphatic rings. The van der Waals surface area contributed by atoms with Gasteiger partial charge in [0.15, 0.2) is 11.6 Å². The summed E-state index contributed by atoms with van der Waals surface area (Å²) >= 11 is 0. The van der Waals surface area contributed by atoms with Crippen molar-refractivity contribution in [1.29, 1.82) is 0 Å². The molecule has 0 heterocycles. The number of ether oxygens (including phenoxy) is 1. The summed E-state index contributed by atoms with van der Waals surface area (Å²) in [7, 11) is 0. The average Bonchev–Trinajstić information content (AvgIpc) is 2.80. The minimum absolute atomic E-state index is 0.193. The van der Waals surface area contributed by atoms with Gasteiger partial charge >= 0.3 is 0 Å². The molecule has 0 unspecified atom stereocenters. The van der Waals surface area contributed by atoms with Gasteiger partial charge in [-0.05, 0) is 78.7 Å². The van der Waals surface area contributed by atoms with Crippen molar-refractivity contribution in [2.24, 2.45) is 0 Å². The number of rotatable bonds is 5. The fourth-order valence-electron chi connectivity index (χ4n) is 3.51. The van der Waals surface area contributed by atoms with E-state index in [4.69, 9.17) is 4.74 Å². The standard InChI is InChI=1S/C28H21F3O/c1-2-32-24-13-7-19(8-14-24)3-4-21-6-11-22(27(30)18-21)10-5-20-9-15-25-23(17-20)12-16-26(29)28(25)31/h6-9,11-18H,2-4H2,1H3. The Labute approximate surface area is 185 Å². The fourth-order valence-corrected chi connectivity index (χ4v) is 3.51. The summed E-state index contributed by atoms with van der Waals surface area (Å²) in [4.78, 5) is 0. The number of halogens is 3. The quantitative estimate of drug-likeness (QED) is 0.315. The highest BCUT2D eigenvalue weighted by Gasteiger charge is 2.07. The van der Waals surface area contributed by atoms with E-state index in [2.05, 4.69) is 11.8 Å². The van der Waals surface area contributed by atoms with E-state index in [0.29, 0.717) is 29.5 Å². The highest BCUT2D eigenvalue weighted by Crippen LogP contribution is 2.21. The SMILES string of the molecule is CCOc1ccc(CCc2ccc(C#Cc3ccc4c(F)c(F)ccc4c3)c(F)c2)cc1. The van der Waals surface area contributed by atoms with Gasteiger partial charge in [-0.25, -0.2) is 13.2 Å². The third-order valence-corrected chi connectivity index (χ3v) is 5.22. The molecule has 4 aromatic carbocycles. The van der Waals surface area contributed by atoms with Crippen LogP contribution in [0.1, 0.15) is 29.2 Å². The number of aryl methyl sites for hydroxylation is 2. The molecular weight excluding hydrogens is 409 g/mol. The molecule has 0 aliphatic heterocycles. The molecule has 0 amide bonds. The molecule has 0 aromatic heterocycles. The summed E-state index contributed by atoms with van der Waals surface area (Å²) in [5, 5.41) is 0.736. The molecule has 4 aromatic rings. The zero-order chi connectivity index (χ0) is 22.5. The van der Waals surface area contributed by atoms with Gasteiger partial charge in [-0.3, -0.25) is 0 Å². The van der Waals surface area contributed by atoms with Crippen LogP contribution in [0.15, 0.2) is 72.8 Å². The number of benzene rings is 4. The maximum Gasteiger partial charge on any atom is 0.166 e.